The van der Waals surface area contributed by atoms with Gasteiger partial charge in [-0.2, -0.15) is 0 Å². The van der Waals surface area contributed by atoms with Gasteiger partial charge in [0.1, 0.15) is 0 Å². The minimum absolute atomic E-state index is 1.10. The Hall–Kier alpha value is -0.120. The van der Waals surface area contributed by atoms with Gasteiger partial charge in [0.15, 0.2) is 0 Å². The van der Waals surface area contributed by atoms with Gasteiger partial charge in [-0.25, -0.2) is 0 Å². The first kappa shape index (κ1) is 9.44. The molecule has 0 fully saturated rings. The van der Waals surface area contributed by atoms with Gasteiger partial charge < -0.3 is 0 Å². The fraction of sp³-hybridized carbons (Fsp3) is 0. The van der Waals surface area contributed by atoms with Gasteiger partial charge in [-0.15, -0.1) is 11.3 Å². The summed E-state index contributed by atoms with van der Waals surface area (Å²) in [5.74, 6) is 0. The molecule has 0 saturated carbocycles. The molecule has 0 aliphatic heterocycles. The van der Waals surface area contributed by atoms with Crippen LogP contribution in [0.1, 0.15) is 0 Å². The molecule has 1 aromatic heterocycles. The first-order chi connectivity index (χ1) is 6.27. The van der Waals surface area contributed by atoms with Gasteiger partial charge in [-0.05, 0) is 23.6 Å². The number of halogens is 2. The third kappa shape index (κ3) is 2.03. The first-order valence-corrected chi connectivity index (χ1v) is 6.23. The van der Waals surface area contributed by atoms with E-state index in [2.05, 4.69) is 67.6 Å². The molecule has 0 N–H and O–H groups in total. The van der Waals surface area contributed by atoms with E-state index < -0.39 is 0 Å². The number of rotatable bonds is 1. The van der Waals surface area contributed by atoms with E-state index >= 15 is 0 Å². The number of hydrogen-bond donors (Lipinski definition) is 0. The van der Waals surface area contributed by atoms with Gasteiger partial charge in [0.05, 0.1) is 0 Å². The SMILES string of the molecule is Brc1ccc(-c2cccs2)c(Br)c1. The van der Waals surface area contributed by atoms with E-state index in [1.54, 1.807) is 11.3 Å². The Bertz CT molecular complexity index is 407. The second-order valence-corrected chi connectivity index (χ2v) is 5.32. The maximum absolute atomic E-state index is 3.55. The predicted octanol–water partition coefficient (Wildman–Crippen LogP) is 4.94. The number of benzene rings is 1. The molecule has 0 bridgehead atoms. The Morgan fingerprint density at radius 2 is 1.92 bits per heavy atom. The zero-order chi connectivity index (χ0) is 9.26. The largest absolute Gasteiger partial charge is 0.144 e. The van der Waals surface area contributed by atoms with Gasteiger partial charge in [0.2, 0.25) is 0 Å². The highest BCUT2D eigenvalue weighted by Gasteiger charge is 2.03. The lowest BCUT2D eigenvalue weighted by atomic mass is 10.2. The molecule has 0 unspecified atom stereocenters. The van der Waals surface area contributed by atoms with Gasteiger partial charge in [0.25, 0.3) is 0 Å². The average Bonchev–Trinajstić information content (AvgIpc) is 2.56. The first-order valence-electron chi connectivity index (χ1n) is 3.76. The van der Waals surface area contributed by atoms with Crippen molar-refractivity contribution in [2.24, 2.45) is 0 Å². The summed E-state index contributed by atoms with van der Waals surface area (Å²) >= 11 is 8.73. The Morgan fingerprint density at radius 3 is 2.54 bits per heavy atom. The van der Waals surface area contributed by atoms with Crippen LogP contribution in [0.3, 0.4) is 0 Å². The summed E-state index contributed by atoms with van der Waals surface area (Å²) in [7, 11) is 0. The Kier molecular flexibility index (Phi) is 2.86. The molecule has 0 atom stereocenters. The summed E-state index contributed by atoms with van der Waals surface area (Å²) in [6.45, 7) is 0. The van der Waals surface area contributed by atoms with Crippen molar-refractivity contribution in [3.8, 4) is 10.4 Å². The van der Waals surface area contributed by atoms with Crippen LogP contribution in [0, 0.1) is 0 Å². The van der Waals surface area contributed by atoms with Crippen LogP contribution in [-0.4, -0.2) is 0 Å². The van der Waals surface area contributed by atoms with E-state index in [0.717, 1.165) is 8.95 Å². The van der Waals surface area contributed by atoms with Crippen LogP contribution in [0.2, 0.25) is 0 Å². The summed E-state index contributed by atoms with van der Waals surface area (Å²) in [4.78, 5) is 1.29. The van der Waals surface area contributed by atoms with Crippen LogP contribution in [0.5, 0.6) is 0 Å². The molecule has 0 aliphatic carbocycles. The Balaban J connectivity index is 2.53. The number of hydrogen-bond acceptors (Lipinski definition) is 1. The molecule has 3 heteroatoms. The van der Waals surface area contributed by atoms with E-state index in [0.29, 0.717) is 0 Å². The smallest absolute Gasteiger partial charge is 0.0354 e. The summed E-state index contributed by atoms with van der Waals surface area (Å²) in [6, 6.07) is 10.4. The fourth-order valence-electron chi connectivity index (χ4n) is 1.12. The standard InChI is InChI=1S/C10H6Br2S/c11-7-3-4-8(9(12)6-7)10-2-1-5-13-10/h1-6H. The maximum atomic E-state index is 3.55. The van der Waals surface area contributed by atoms with Gasteiger partial charge in [-0.3, -0.25) is 0 Å². The minimum Gasteiger partial charge on any atom is -0.144 e. The summed E-state index contributed by atoms with van der Waals surface area (Å²) in [5, 5.41) is 2.09. The molecule has 0 spiro atoms. The lowest BCUT2D eigenvalue weighted by Gasteiger charge is -2.01. The molecule has 0 amide bonds. The molecule has 0 radical (unpaired) electrons. The third-order valence-electron chi connectivity index (χ3n) is 1.72. The molecule has 13 heavy (non-hydrogen) atoms. The normalized spacial score (nSPS) is 10.3. The molecular formula is C10H6Br2S. The van der Waals surface area contributed by atoms with E-state index in [4.69, 9.17) is 0 Å². The number of thiophene rings is 1. The Morgan fingerprint density at radius 1 is 1.08 bits per heavy atom. The van der Waals surface area contributed by atoms with Gasteiger partial charge in [-0.1, -0.05) is 44.0 Å². The highest BCUT2D eigenvalue weighted by molar-refractivity contribution is 9.11. The third-order valence-corrected chi connectivity index (χ3v) is 3.77. The molecule has 0 nitrogen and oxygen atoms in total. The molecule has 1 aromatic carbocycles. The van der Waals surface area contributed by atoms with Crippen LogP contribution < -0.4 is 0 Å². The van der Waals surface area contributed by atoms with Crippen molar-refractivity contribution in [3.63, 3.8) is 0 Å². The Labute approximate surface area is 97.9 Å². The van der Waals surface area contributed by atoms with Crippen molar-refractivity contribution in [1.29, 1.82) is 0 Å². The van der Waals surface area contributed by atoms with Crippen molar-refractivity contribution in [2.75, 3.05) is 0 Å². The summed E-state index contributed by atoms with van der Waals surface area (Å²) in [6.07, 6.45) is 0. The highest BCUT2D eigenvalue weighted by atomic mass is 79.9. The fourth-order valence-corrected chi connectivity index (χ4v) is 3.28. The van der Waals surface area contributed by atoms with Gasteiger partial charge in [0, 0.05) is 19.4 Å². The predicted molar refractivity (Wildman–Crippen MR) is 65.2 cm³/mol. The van der Waals surface area contributed by atoms with E-state index in [1.807, 2.05) is 0 Å². The van der Waals surface area contributed by atoms with Crippen molar-refractivity contribution in [3.05, 3.63) is 44.7 Å². The van der Waals surface area contributed by atoms with Crippen LogP contribution in [0.25, 0.3) is 10.4 Å². The van der Waals surface area contributed by atoms with Crippen LogP contribution in [0.15, 0.2) is 44.7 Å². The zero-order valence-corrected chi connectivity index (χ0v) is 10.6. The lowest BCUT2D eigenvalue weighted by Crippen LogP contribution is -1.74. The topological polar surface area (TPSA) is 0 Å². The summed E-state index contributed by atoms with van der Waals surface area (Å²) < 4.78 is 2.23. The quantitative estimate of drug-likeness (QED) is 0.699. The van der Waals surface area contributed by atoms with Crippen LogP contribution >= 0.6 is 43.2 Å². The van der Waals surface area contributed by atoms with Crippen LogP contribution in [0.4, 0.5) is 0 Å². The average molecular weight is 318 g/mol. The molecule has 0 saturated heterocycles. The van der Waals surface area contributed by atoms with Crippen molar-refractivity contribution >= 4 is 43.2 Å². The second kappa shape index (κ2) is 3.95. The van der Waals surface area contributed by atoms with Crippen LogP contribution in [-0.2, 0) is 0 Å². The zero-order valence-electron chi connectivity index (χ0n) is 6.63. The molecule has 66 valence electrons. The highest BCUT2D eigenvalue weighted by Crippen LogP contribution is 2.33. The molecular weight excluding hydrogens is 312 g/mol. The monoisotopic (exact) mass is 316 g/mol. The molecule has 2 aromatic rings. The minimum atomic E-state index is 1.10. The lowest BCUT2D eigenvalue weighted by molar-refractivity contribution is 1.60. The van der Waals surface area contributed by atoms with Gasteiger partial charge >= 0.3 is 0 Å². The molecule has 1 heterocycles. The van der Waals surface area contributed by atoms with E-state index in [9.17, 15) is 0 Å². The van der Waals surface area contributed by atoms with Crippen molar-refractivity contribution in [1.82, 2.24) is 0 Å². The summed E-state index contributed by atoms with van der Waals surface area (Å²) in [5.41, 5.74) is 1.25. The van der Waals surface area contributed by atoms with Crippen molar-refractivity contribution < 1.29 is 0 Å². The van der Waals surface area contributed by atoms with Crippen molar-refractivity contribution in [2.45, 2.75) is 0 Å². The molecule has 2 rings (SSSR count). The van der Waals surface area contributed by atoms with E-state index in [-0.39, 0.29) is 0 Å². The maximum Gasteiger partial charge on any atom is 0.0354 e. The molecule has 0 aliphatic rings. The van der Waals surface area contributed by atoms with E-state index in [1.165, 1.54) is 10.4 Å². The second-order valence-electron chi connectivity index (χ2n) is 2.60.